The van der Waals surface area contributed by atoms with Crippen LogP contribution in [0, 0.1) is 5.82 Å². The van der Waals surface area contributed by atoms with Crippen LogP contribution in [0.4, 0.5) is 4.39 Å². The fourth-order valence-corrected chi connectivity index (χ4v) is 2.39. The molecular weight excluding hydrogens is 293 g/mol. The highest BCUT2D eigenvalue weighted by Crippen LogP contribution is 2.14. The van der Waals surface area contributed by atoms with E-state index in [1.807, 2.05) is 6.92 Å². The summed E-state index contributed by atoms with van der Waals surface area (Å²) < 4.78 is 13.5. The summed E-state index contributed by atoms with van der Waals surface area (Å²) in [6.45, 7) is 3.40. The topological polar surface area (TPSA) is 66.6 Å². The van der Waals surface area contributed by atoms with E-state index in [1.54, 1.807) is 6.07 Å². The number of nitrogens with zero attached hydrogens (tertiary/aromatic N) is 2. The van der Waals surface area contributed by atoms with Crippen molar-refractivity contribution in [3.63, 3.8) is 0 Å². The lowest BCUT2D eigenvalue weighted by Crippen LogP contribution is -2.53. The highest BCUT2D eigenvalue weighted by Gasteiger charge is 2.31. The average Bonchev–Trinajstić information content (AvgIpc) is 2.43. The number of thiocarbonyl (C=S) groups is 1. The largest absolute Gasteiger partial charge is 0.389 e. The molecule has 5 nitrogen and oxygen atoms in total. The lowest BCUT2D eigenvalue weighted by Gasteiger charge is -2.33. The molecule has 0 unspecified atom stereocenters. The summed E-state index contributed by atoms with van der Waals surface area (Å²) in [5, 5.41) is 0. The zero-order valence-electron chi connectivity index (χ0n) is 11.6. The van der Waals surface area contributed by atoms with Gasteiger partial charge in [-0.1, -0.05) is 12.2 Å². The minimum absolute atomic E-state index is 0.0916. The predicted octanol–water partition coefficient (Wildman–Crippen LogP) is 0.651. The predicted molar refractivity (Wildman–Crippen MR) is 80.0 cm³/mol. The smallest absolute Gasteiger partial charge is 0.312 e. The van der Waals surface area contributed by atoms with E-state index >= 15 is 0 Å². The minimum atomic E-state index is -0.566. The third kappa shape index (κ3) is 3.36. The van der Waals surface area contributed by atoms with E-state index in [4.69, 9.17) is 18.0 Å². The highest BCUT2D eigenvalue weighted by atomic mass is 32.1. The quantitative estimate of drug-likeness (QED) is 0.655. The second-order valence-corrected chi connectivity index (χ2v) is 5.26. The first kappa shape index (κ1) is 15.4. The van der Waals surface area contributed by atoms with Crippen LogP contribution >= 0.6 is 12.2 Å². The van der Waals surface area contributed by atoms with Gasteiger partial charge in [-0.2, -0.15) is 0 Å². The molecule has 1 aliphatic rings. The lowest BCUT2D eigenvalue weighted by molar-refractivity contribution is -0.156. The van der Waals surface area contributed by atoms with Gasteiger partial charge in [-0.05, 0) is 30.7 Å². The minimum Gasteiger partial charge on any atom is -0.389 e. The van der Waals surface area contributed by atoms with E-state index in [9.17, 15) is 14.0 Å². The Kier molecular flexibility index (Phi) is 4.52. The van der Waals surface area contributed by atoms with Gasteiger partial charge in [-0.25, -0.2) is 4.39 Å². The fourth-order valence-electron chi connectivity index (χ4n) is 2.27. The number of halogens is 1. The number of hydrogen-bond acceptors (Lipinski definition) is 3. The summed E-state index contributed by atoms with van der Waals surface area (Å²) in [7, 11) is 0. The summed E-state index contributed by atoms with van der Waals surface area (Å²) in [6, 6.07) is 4.19. The Morgan fingerprint density at radius 3 is 2.48 bits per heavy atom. The second kappa shape index (κ2) is 6.17. The summed E-state index contributed by atoms with van der Waals surface area (Å²) in [4.78, 5) is 26.8. The first-order valence-electron chi connectivity index (χ1n) is 6.59. The van der Waals surface area contributed by atoms with E-state index in [-0.39, 0.29) is 11.5 Å². The molecule has 1 heterocycles. The van der Waals surface area contributed by atoms with Gasteiger partial charge in [-0.15, -0.1) is 0 Å². The van der Waals surface area contributed by atoms with E-state index in [1.165, 1.54) is 21.9 Å². The van der Waals surface area contributed by atoms with Gasteiger partial charge in [0.15, 0.2) is 0 Å². The first-order valence-corrected chi connectivity index (χ1v) is 7.00. The molecule has 112 valence electrons. The number of likely N-dealkylation sites (N-methyl/N-ethyl adjacent to an activating group) is 1. The molecule has 1 aromatic rings. The molecule has 2 amide bonds. The Balaban J connectivity index is 2.17. The number of amides is 2. The van der Waals surface area contributed by atoms with Gasteiger partial charge in [0.2, 0.25) is 0 Å². The number of carbonyl (C=O) groups is 2. The van der Waals surface area contributed by atoms with Crippen molar-refractivity contribution in [3.8, 4) is 0 Å². The molecule has 2 rings (SSSR count). The Bertz CT molecular complexity index is 606. The van der Waals surface area contributed by atoms with Crippen LogP contribution < -0.4 is 5.73 Å². The standard InChI is InChI=1S/C14H16FN3O2S/c1-2-17-3-4-18(14(20)13(17)19)8-9-5-10(12(16)21)7-11(15)6-9/h5-7H,2-4,8H2,1H3,(H2,16,21). The second-order valence-electron chi connectivity index (χ2n) is 4.82. The molecular formula is C14H16FN3O2S. The molecule has 7 heteroatoms. The van der Waals surface area contributed by atoms with Crippen LogP contribution in [-0.2, 0) is 16.1 Å². The van der Waals surface area contributed by atoms with Crippen molar-refractivity contribution in [3.05, 3.63) is 35.1 Å². The van der Waals surface area contributed by atoms with Gasteiger partial charge < -0.3 is 15.5 Å². The third-order valence-electron chi connectivity index (χ3n) is 3.39. The molecule has 1 aromatic carbocycles. The van der Waals surface area contributed by atoms with Crippen LogP contribution in [-0.4, -0.2) is 46.2 Å². The van der Waals surface area contributed by atoms with E-state index in [0.717, 1.165) is 0 Å². The van der Waals surface area contributed by atoms with E-state index in [2.05, 4.69) is 0 Å². The summed E-state index contributed by atoms with van der Waals surface area (Å²) in [5.41, 5.74) is 6.46. The molecule has 1 fully saturated rings. The van der Waals surface area contributed by atoms with E-state index < -0.39 is 17.6 Å². The van der Waals surface area contributed by atoms with Crippen LogP contribution in [0.2, 0.25) is 0 Å². The van der Waals surface area contributed by atoms with Crippen molar-refractivity contribution in [2.45, 2.75) is 13.5 Å². The number of hydrogen-bond donors (Lipinski definition) is 1. The monoisotopic (exact) mass is 309 g/mol. The Hall–Kier alpha value is -2.02. The molecule has 1 aliphatic heterocycles. The fraction of sp³-hybridized carbons (Fsp3) is 0.357. The van der Waals surface area contributed by atoms with Gasteiger partial charge in [0.1, 0.15) is 10.8 Å². The Morgan fingerprint density at radius 2 is 1.86 bits per heavy atom. The molecule has 0 atom stereocenters. The van der Waals surface area contributed by atoms with Crippen molar-refractivity contribution >= 4 is 29.0 Å². The maximum absolute atomic E-state index is 13.5. The van der Waals surface area contributed by atoms with Gasteiger partial charge in [0.05, 0.1) is 0 Å². The molecule has 0 saturated carbocycles. The maximum atomic E-state index is 13.5. The van der Waals surface area contributed by atoms with E-state index in [0.29, 0.717) is 30.8 Å². The first-order chi connectivity index (χ1) is 9.92. The van der Waals surface area contributed by atoms with Gasteiger partial charge in [-0.3, -0.25) is 9.59 Å². The Morgan fingerprint density at radius 1 is 1.24 bits per heavy atom. The highest BCUT2D eigenvalue weighted by molar-refractivity contribution is 7.80. The molecule has 1 saturated heterocycles. The molecule has 0 aliphatic carbocycles. The van der Waals surface area contributed by atoms with Crippen LogP contribution in [0.3, 0.4) is 0 Å². The van der Waals surface area contributed by atoms with Crippen LogP contribution in [0.15, 0.2) is 18.2 Å². The van der Waals surface area contributed by atoms with Crippen LogP contribution in [0.1, 0.15) is 18.1 Å². The lowest BCUT2D eigenvalue weighted by atomic mass is 10.1. The zero-order chi connectivity index (χ0) is 15.6. The normalized spacial score (nSPS) is 15.5. The molecule has 2 N–H and O–H groups in total. The molecule has 0 aromatic heterocycles. The Labute approximate surface area is 127 Å². The number of piperazine rings is 1. The van der Waals surface area contributed by atoms with Crippen molar-refractivity contribution in [1.82, 2.24) is 9.80 Å². The van der Waals surface area contributed by atoms with Gasteiger partial charge in [0.25, 0.3) is 0 Å². The number of carbonyl (C=O) groups excluding carboxylic acids is 2. The maximum Gasteiger partial charge on any atom is 0.312 e. The molecule has 0 radical (unpaired) electrons. The summed E-state index contributed by atoms with van der Waals surface area (Å²) >= 11 is 4.83. The van der Waals surface area contributed by atoms with Crippen molar-refractivity contribution < 1.29 is 14.0 Å². The SMILES string of the molecule is CCN1CCN(Cc2cc(F)cc(C(N)=S)c2)C(=O)C1=O. The summed E-state index contributed by atoms with van der Waals surface area (Å²) in [6.07, 6.45) is 0. The van der Waals surface area contributed by atoms with Gasteiger partial charge >= 0.3 is 11.8 Å². The van der Waals surface area contributed by atoms with Crippen molar-refractivity contribution in [2.75, 3.05) is 19.6 Å². The van der Waals surface area contributed by atoms with Crippen molar-refractivity contribution in [2.24, 2.45) is 5.73 Å². The van der Waals surface area contributed by atoms with Crippen LogP contribution in [0.25, 0.3) is 0 Å². The van der Waals surface area contributed by atoms with Crippen molar-refractivity contribution in [1.29, 1.82) is 0 Å². The summed E-state index contributed by atoms with van der Waals surface area (Å²) in [5.74, 6) is -1.56. The van der Waals surface area contributed by atoms with Gasteiger partial charge in [0, 0.05) is 31.7 Å². The zero-order valence-corrected chi connectivity index (χ0v) is 12.5. The number of benzene rings is 1. The molecule has 0 spiro atoms. The number of nitrogens with two attached hydrogens (primary N) is 1. The van der Waals surface area contributed by atoms with Crippen LogP contribution in [0.5, 0.6) is 0 Å². The number of rotatable bonds is 4. The third-order valence-corrected chi connectivity index (χ3v) is 3.63. The molecule has 0 bridgehead atoms. The molecule has 21 heavy (non-hydrogen) atoms. The average molecular weight is 309 g/mol.